The number of rotatable bonds is 10. The highest BCUT2D eigenvalue weighted by atomic mass is 16.5. The molecule has 0 aromatic heterocycles. The molecular formula is C25H24N2O3. The van der Waals surface area contributed by atoms with Gasteiger partial charge >= 0.3 is 0 Å². The molecule has 0 aliphatic heterocycles. The van der Waals surface area contributed by atoms with Crippen molar-refractivity contribution in [3.05, 3.63) is 108 Å². The van der Waals surface area contributed by atoms with Crippen LogP contribution < -0.4 is 14.9 Å². The maximum absolute atomic E-state index is 12.1. The number of nitrogens with zero attached hydrogens (tertiary/aromatic N) is 1. The summed E-state index contributed by atoms with van der Waals surface area (Å²) in [5, 5.41) is 4.03. The van der Waals surface area contributed by atoms with Crippen LogP contribution in [0.25, 0.3) is 0 Å². The normalized spacial score (nSPS) is 10.5. The van der Waals surface area contributed by atoms with Crippen molar-refractivity contribution in [2.45, 2.75) is 13.0 Å². The van der Waals surface area contributed by atoms with Gasteiger partial charge in [0.15, 0.2) is 6.61 Å². The lowest BCUT2D eigenvalue weighted by atomic mass is 10.1. The smallest absolute Gasteiger partial charge is 0.277 e. The molecule has 0 aliphatic rings. The summed E-state index contributed by atoms with van der Waals surface area (Å²) in [6.45, 7) is 4.06. The molecule has 0 saturated carbocycles. The summed E-state index contributed by atoms with van der Waals surface area (Å²) in [6, 6.07) is 25.0. The highest BCUT2D eigenvalue weighted by Gasteiger charge is 2.06. The third kappa shape index (κ3) is 6.34. The third-order valence-electron chi connectivity index (χ3n) is 4.24. The van der Waals surface area contributed by atoms with Crippen molar-refractivity contribution >= 4 is 12.1 Å². The summed E-state index contributed by atoms with van der Waals surface area (Å²) in [4.78, 5) is 12.1. The van der Waals surface area contributed by atoms with Gasteiger partial charge in [-0.15, -0.1) is 6.58 Å². The number of benzene rings is 3. The second kappa shape index (κ2) is 11.2. The quantitative estimate of drug-likeness (QED) is 0.309. The van der Waals surface area contributed by atoms with E-state index in [1.165, 1.54) is 0 Å². The monoisotopic (exact) mass is 400 g/mol. The lowest BCUT2D eigenvalue weighted by Crippen LogP contribution is -2.24. The van der Waals surface area contributed by atoms with Crippen LogP contribution in [0.4, 0.5) is 0 Å². The second-order valence-electron chi connectivity index (χ2n) is 6.49. The number of para-hydroxylation sites is 2. The number of carbonyl (C=O) groups excluding carboxylic acids is 1. The summed E-state index contributed by atoms with van der Waals surface area (Å²) in [5.41, 5.74) is 5.31. The maximum atomic E-state index is 12.1. The molecule has 0 spiro atoms. The minimum atomic E-state index is -0.345. The van der Waals surface area contributed by atoms with Gasteiger partial charge in [-0.3, -0.25) is 4.79 Å². The van der Waals surface area contributed by atoms with E-state index in [1.54, 1.807) is 12.3 Å². The minimum Gasteiger partial charge on any atom is -0.488 e. The molecule has 0 atom stereocenters. The van der Waals surface area contributed by atoms with Gasteiger partial charge in [0.1, 0.15) is 18.1 Å². The highest BCUT2D eigenvalue weighted by molar-refractivity contribution is 5.85. The fourth-order valence-electron chi connectivity index (χ4n) is 2.77. The third-order valence-corrected chi connectivity index (χ3v) is 4.24. The Hall–Kier alpha value is -3.86. The molecule has 0 aliphatic carbocycles. The van der Waals surface area contributed by atoms with Crippen molar-refractivity contribution in [3.63, 3.8) is 0 Å². The second-order valence-corrected chi connectivity index (χ2v) is 6.49. The standard InChI is InChI=1S/C25H24N2O3/c1-2-10-21-13-6-8-15-23(21)30-19-25(28)27-26-17-22-14-7-9-16-24(22)29-18-20-11-4-3-5-12-20/h2-9,11-17H,1,10,18-19H2,(H,27,28)/b26-17-. The molecule has 0 heterocycles. The topological polar surface area (TPSA) is 59.9 Å². The molecule has 1 amide bonds. The number of hydrazone groups is 1. The summed E-state index contributed by atoms with van der Waals surface area (Å²) in [5.74, 6) is 1.01. The van der Waals surface area contributed by atoms with Crippen LogP contribution in [-0.2, 0) is 17.8 Å². The van der Waals surface area contributed by atoms with Gasteiger partial charge in [-0.05, 0) is 35.7 Å². The van der Waals surface area contributed by atoms with Gasteiger partial charge in [-0.2, -0.15) is 5.10 Å². The zero-order chi connectivity index (χ0) is 21.0. The van der Waals surface area contributed by atoms with E-state index in [0.717, 1.165) is 16.7 Å². The molecule has 0 radical (unpaired) electrons. The van der Waals surface area contributed by atoms with Crippen LogP contribution in [0.15, 0.2) is 96.6 Å². The van der Waals surface area contributed by atoms with Gasteiger partial charge in [-0.25, -0.2) is 5.43 Å². The van der Waals surface area contributed by atoms with Crippen LogP contribution in [0.5, 0.6) is 11.5 Å². The minimum absolute atomic E-state index is 0.127. The average molecular weight is 400 g/mol. The fraction of sp³-hybridized carbons (Fsp3) is 0.120. The predicted octanol–water partition coefficient (Wildman–Crippen LogP) is 4.52. The van der Waals surface area contributed by atoms with Crippen LogP contribution in [0.1, 0.15) is 16.7 Å². The van der Waals surface area contributed by atoms with E-state index in [1.807, 2.05) is 78.9 Å². The van der Waals surface area contributed by atoms with E-state index in [2.05, 4.69) is 17.1 Å². The van der Waals surface area contributed by atoms with Crippen LogP contribution >= 0.6 is 0 Å². The molecule has 0 bridgehead atoms. The Bertz CT molecular complexity index is 1000. The van der Waals surface area contributed by atoms with Gasteiger partial charge in [0.2, 0.25) is 0 Å². The van der Waals surface area contributed by atoms with Crippen LogP contribution in [0.3, 0.4) is 0 Å². The van der Waals surface area contributed by atoms with Crippen molar-refractivity contribution in [1.82, 2.24) is 5.43 Å². The Morgan fingerprint density at radius 1 is 0.900 bits per heavy atom. The molecule has 1 N–H and O–H groups in total. The molecule has 0 unspecified atom stereocenters. The van der Waals surface area contributed by atoms with E-state index in [9.17, 15) is 4.79 Å². The lowest BCUT2D eigenvalue weighted by molar-refractivity contribution is -0.123. The van der Waals surface area contributed by atoms with Crippen molar-refractivity contribution < 1.29 is 14.3 Å². The number of amides is 1. The molecule has 5 heteroatoms. The molecule has 3 rings (SSSR count). The maximum Gasteiger partial charge on any atom is 0.277 e. The first-order valence-corrected chi connectivity index (χ1v) is 9.65. The van der Waals surface area contributed by atoms with Gasteiger partial charge in [0.05, 0.1) is 6.21 Å². The number of carbonyl (C=O) groups is 1. The van der Waals surface area contributed by atoms with Crippen molar-refractivity contribution in [2.75, 3.05) is 6.61 Å². The first kappa shape index (κ1) is 20.9. The van der Waals surface area contributed by atoms with Gasteiger partial charge in [-0.1, -0.05) is 66.7 Å². The highest BCUT2D eigenvalue weighted by Crippen LogP contribution is 2.19. The Morgan fingerprint density at radius 2 is 1.60 bits per heavy atom. The van der Waals surface area contributed by atoms with E-state index < -0.39 is 0 Å². The van der Waals surface area contributed by atoms with Gasteiger partial charge in [0.25, 0.3) is 5.91 Å². The number of nitrogens with one attached hydrogen (secondary N) is 1. The van der Waals surface area contributed by atoms with Crippen LogP contribution in [0.2, 0.25) is 0 Å². The molecule has 0 fully saturated rings. The summed E-state index contributed by atoms with van der Waals surface area (Å²) in [7, 11) is 0. The zero-order valence-corrected chi connectivity index (χ0v) is 16.7. The molecular weight excluding hydrogens is 376 g/mol. The molecule has 152 valence electrons. The number of hydrogen-bond donors (Lipinski definition) is 1. The lowest BCUT2D eigenvalue weighted by Gasteiger charge is -2.10. The molecule has 30 heavy (non-hydrogen) atoms. The van der Waals surface area contributed by atoms with Gasteiger partial charge < -0.3 is 9.47 Å². The van der Waals surface area contributed by atoms with E-state index in [-0.39, 0.29) is 12.5 Å². The van der Waals surface area contributed by atoms with E-state index in [4.69, 9.17) is 9.47 Å². The molecule has 5 nitrogen and oxygen atoms in total. The Balaban J connectivity index is 1.52. The zero-order valence-electron chi connectivity index (χ0n) is 16.7. The summed E-state index contributed by atoms with van der Waals surface area (Å²) < 4.78 is 11.5. The molecule has 3 aromatic carbocycles. The SMILES string of the molecule is C=CCc1ccccc1OCC(=O)N/N=C\c1ccccc1OCc1ccccc1. The Labute approximate surface area is 176 Å². The molecule has 0 saturated heterocycles. The predicted molar refractivity (Wildman–Crippen MR) is 119 cm³/mol. The summed E-state index contributed by atoms with van der Waals surface area (Å²) in [6.07, 6.45) is 4.03. The number of allylic oxidation sites excluding steroid dienone is 1. The van der Waals surface area contributed by atoms with Crippen molar-refractivity contribution in [1.29, 1.82) is 0 Å². The van der Waals surface area contributed by atoms with Crippen LogP contribution in [0, 0.1) is 0 Å². The van der Waals surface area contributed by atoms with Gasteiger partial charge in [0, 0.05) is 5.56 Å². The number of ether oxygens (including phenoxy) is 2. The Morgan fingerprint density at radius 3 is 2.40 bits per heavy atom. The van der Waals surface area contributed by atoms with E-state index >= 15 is 0 Å². The van der Waals surface area contributed by atoms with E-state index in [0.29, 0.717) is 24.5 Å². The number of hydrogen-bond acceptors (Lipinski definition) is 4. The van der Waals surface area contributed by atoms with Crippen molar-refractivity contribution in [2.24, 2.45) is 5.10 Å². The van der Waals surface area contributed by atoms with Crippen LogP contribution in [-0.4, -0.2) is 18.7 Å². The summed E-state index contributed by atoms with van der Waals surface area (Å²) >= 11 is 0. The first-order chi connectivity index (χ1) is 14.8. The fourth-order valence-corrected chi connectivity index (χ4v) is 2.77. The first-order valence-electron chi connectivity index (χ1n) is 9.65. The molecule has 3 aromatic rings. The Kier molecular flexibility index (Phi) is 7.80. The average Bonchev–Trinajstić information content (AvgIpc) is 2.79. The van der Waals surface area contributed by atoms with Crippen molar-refractivity contribution in [3.8, 4) is 11.5 Å². The largest absolute Gasteiger partial charge is 0.488 e.